The first-order valence-corrected chi connectivity index (χ1v) is 8.91. The molecular formula is C16H15ClF3NO2S. The molecule has 0 heterocycles. The molecule has 0 saturated heterocycles. The topological polar surface area (TPSA) is 37.4 Å². The molecule has 0 N–H and O–H groups in total. The highest BCUT2D eigenvalue weighted by atomic mass is 35.5. The van der Waals surface area contributed by atoms with Crippen LogP contribution in [0.25, 0.3) is 0 Å². The van der Waals surface area contributed by atoms with Crippen molar-refractivity contribution in [1.29, 1.82) is 0 Å². The average Bonchev–Trinajstić information content (AvgIpc) is 2.48. The fourth-order valence-corrected chi connectivity index (χ4v) is 3.40. The number of alkyl halides is 3. The van der Waals surface area contributed by atoms with Crippen molar-refractivity contribution < 1.29 is 21.6 Å². The van der Waals surface area contributed by atoms with Crippen LogP contribution in [0.4, 0.5) is 13.2 Å². The number of halogens is 4. The largest absolute Gasteiger partial charge is 0.416 e. The third-order valence-electron chi connectivity index (χ3n) is 3.40. The summed E-state index contributed by atoms with van der Waals surface area (Å²) in [4.78, 5) is 0. The van der Waals surface area contributed by atoms with Gasteiger partial charge in [0, 0.05) is 18.6 Å². The Morgan fingerprint density at radius 1 is 1.04 bits per heavy atom. The maximum atomic E-state index is 12.7. The monoisotopic (exact) mass is 377 g/mol. The highest BCUT2D eigenvalue weighted by molar-refractivity contribution is 7.88. The number of hydrogen-bond donors (Lipinski definition) is 0. The van der Waals surface area contributed by atoms with E-state index in [9.17, 15) is 21.6 Å². The van der Waals surface area contributed by atoms with E-state index in [2.05, 4.69) is 0 Å². The Balaban J connectivity index is 2.14. The molecule has 2 aromatic rings. The van der Waals surface area contributed by atoms with E-state index in [0.717, 1.165) is 22.0 Å². The number of hydrogen-bond acceptors (Lipinski definition) is 2. The molecule has 0 spiro atoms. The van der Waals surface area contributed by atoms with Gasteiger partial charge in [0.1, 0.15) is 0 Å². The summed E-state index contributed by atoms with van der Waals surface area (Å²) >= 11 is 5.77. The van der Waals surface area contributed by atoms with Gasteiger partial charge in [-0.15, -0.1) is 0 Å². The van der Waals surface area contributed by atoms with Gasteiger partial charge in [-0.2, -0.15) is 13.2 Å². The molecular weight excluding hydrogens is 363 g/mol. The SMILES string of the molecule is CN(Cc1ccc(Cl)cc1)S(=O)(=O)Cc1cccc(C(F)(F)F)c1. The Morgan fingerprint density at radius 3 is 2.25 bits per heavy atom. The molecule has 0 aliphatic carbocycles. The van der Waals surface area contributed by atoms with E-state index in [1.165, 1.54) is 19.2 Å². The van der Waals surface area contributed by atoms with Crippen LogP contribution in [0.2, 0.25) is 5.02 Å². The van der Waals surface area contributed by atoms with E-state index >= 15 is 0 Å². The van der Waals surface area contributed by atoms with Crippen LogP contribution < -0.4 is 0 Å². The minimum atomic E-state index is -4.50. The molecule has 24 heavy (non-hydrogen) atoms. The third kappa shape index (κ3) is 4.96. The number of rotatable bonds is 5. The Hall–Kier alpha value is -1.57. The number of nitrogens with zero attached hydrogens (tertiary/aromatic N) is 1. The van der Waals surface area contributed by atoms with E-state index in [1.807, 2.05) is 0 Å². The van der Waals surface area contributed by atoms with Gasteiger partial charge < -0.3 is 0 Å². The Kier molecular flexibility index (Phi) is 5.57. The predicted molar refractivity (Wildman–Crippen MR) is 87.0 cm³/mol. The molecule has 0 atom stereocenters. The van der Waals surface area contributed by atoms with Gasteiger partial charge in [0.2, 0.25) is 10.0 Å². The normalized spacial score (nSPS) is 12.6. The van der Waals surface area contributed by atoms with E-state index < -0.39 is 27.5 Å². The van der Waals surface area contributed by atoms with Crippen LogP contribution in [0.1, 0.15) is 16.7 Å². The predicted octanol–water partition coefficient (Wildman–Crippen LogP) is 4.32. The van der Waals surface area contributed by atoms with Gasteiger partial charge in [0.25, 0.3) is 0 Å². The molecule has 2 rings (SSSR count). The fraction of sp³-hybridized carbons (Fsp3) is 0.250. The van der Waals surface area contributed by atoms with Crippen LogP contribution in [0.15, 0.2) is 48.5 Å². The second-order valence-electron chi connectivity index (χ2n) is 5.34. The molecule has 0 radical (unpaired) electrons. The molecule has 0 fully saturated rings. The van der Waals surface area contributed by atoms with Crippen LogP contribution in [-0.2, 0) is 28.5 Å². The lowest BCUT2D eigenvalue weighted by molar-refractivity contribution is -0.137. The van der Waals surface area contributed by atoms with Crippen molar-refractivity contribution in [2.24, 2.45) is 0 Å². The maximum Gasteiger partial charge on any atom is 0.416 e. The van der Waals surface area contributed by atoms with Gasteiger partial charge in [0.05, 0.1) is 11.3 Å². The quantitative estimate of drug-likeness (QED) is 0.778. The van der Waals surface area contributed by atoms with Crippen LogP contribution >= 0.6 is 11.6 Å². The number of sulfonamides is 1. The average molecular weight is 378 g/mol. The van der Waals surface area contributed by atoms with Gasteiger partial charge in [0.15, 0.2) is 0 Å². The van der Waals surface area contributed by atoms with Crippen LogP contribution in [0.3, 0.4) is 0 Å². The lowest BCUT2D eigenvalue weighted by Gasteiger charge is -2.18. The zero-order chi connectivity index (χ0) is 18.0. The summed E-state index contributed by atoms with van der Waals surface area (Å²) in [5, 5.41) is 0.535. The van der Waals surface area contributed by atoms with Crippen LogP contribution in [-0.4, -0.2) is 19.8 Å². The first-order chi connectivity index (χ1) is 11.1. The standard InChI is InChI=1S/C16H15ClF3NO2S/c1-21(10-12-5-7-15(17)8-6-12)24(22,23)11-13-3-2-4-14(9-13)16(18,19)20/h2-9H,10-11H2,1H3. The summed E-state index contributed by atoms with van der Waals surface area (Å²) in [5.74, 6) is -0.499. The molecule has 130 valence electrons. The lowest BCUT2D eigenvalue weighted by Crippen LogP contribution is -2.27. The second kappa shape index (κ2) is 7.13. The molecule has 8 heteroatoms. The van der Waals surface area contributed by atoms with Crippen molar-refractivity contribution in [2.45, 2.75) is 18.5 Å². The maximum absolute atomic E-state index is 12.7. The molecule has 2 aromatic carbocycles. The molecule has 0 saturated carbocycles. The van der Waals surface area contributed by atoms with Crippen LogP contribution in [0.5, 0.6) is 0 Å². The van der Waals surface area contributed by atoms with E-state index in [-0.39, 0.29) is 12.1 Å². The van der Waals surface area contributed by atoms with E-state index in [0.29, 0.717) is 5.02 Å². The summed E-state index contributed by atoms with van der Waals surface area (Å²) in [6, 6.07) is 11.0. The lowest BCUT2D eigenvalue weighted by atomic mass is 10.1. The highest BCUT2D eigenvalue weighted by Gasteiger charge is 2.31. The van der Waals surface area contributed by atoms with Gasteiger partial charge in [-0.05, 0) is 29.3 Å². The third-order valence-corrected chi connectivity index (χ3v) is 5.43. The summed E-state index contributed by atoms with van der Waals surface area (Å²) in [7, 11) is -2.36. The minimum Gasteiger partial charge on any atom is -0.212 e. The first-order valence-electron chi connectivity index (χ1n) is 6.92. The van der Waals surface area contributed by atoms with Crippen molar-refractivity contribution in [3.63, 3.8) is 0 Å². The van der Waals surface area contributed by atoms with E-state index in [4.69, 9.17) is 11.6 Å². The van der Waals surface area contributed by atoms with Crippen molar-refractivity contribution in [1.82, 2.24) is 4.31 Å². The zero-order valence-electron chi connectivity index (χ0n) is 12.7. The summed E-state index contributed by atoms with van der Waals surface area (Å²) in [6.07, 6.45) is -4.50. The van der Waals surface area contributed by atoms with Gasteiger partial charge in [-0.25, -0.2) is 12.7 Å². The Morgan fingerprint density at radius 2 is 1.67 bits per heavy atom. The van der Waals surface area contributed by atoms with Gasteiger partial charge >= 0.3 is 6.18 Å². The first kappa shape index (κ1) is 18.8. The second-order valence-corrected chi connectivity index (χ2v) is 7.85. The molecule has 0 unspecified atom stereocenters. The summed E-state index contributed by atoms with van der Waals surface area (Å²) < 4.78 is 63.9. The Labute approximate surface area is 143 Å². The van der Waals surface area contributed by atoms with Crippen molar-refractivity contribution in [3.05, 3.63) is 70.2 Å². The van der Waals surface area contributed by atoms with Crippen molar-refractivity contribution in [2.75, 3.05) is 7.05 Å². The molecule has 0 aliphatic heterocycles. The summed E-state index contributed by atoms with van der Waals surface area (Å²) in [6.45, 7) is 0.110. The molecule has 0 bridgehead atoms. The van der Waals surface area contributed by atoms with Crippen molar-refractivity contribution in [3.8, 4) is 0 Å². The van der Waals surface area contributed by atoms with Crippen molar-refractivity contribution >= 4 is 21.6 Å². The smallest absolute Gasteiger partial charge is 0.212 e. The van der Waals surface area contributed by atoms with Crippen LogP contribution in [0, 0.1) is 0 Å². The molecule has 0 amide bonds. The highest BCUT2D eigenvalue weighted by Crippen LogP contribution is 2.30. The van der Waals surface area contributed by atoms with E-state index in [1.54, 1.807) is 24.3 Å². The molecule has 0 aromatic heterocycles. The zero-order valence-corrected chi connectivity index (χ0v) is 14.3. The Bertz CT molecular complexity index is 805. The van der Waals surface area contributed by atoms with Gasteiger partial charge in [-0.1, -0.05) is 41.9 Å². The number of benzene rings is 2. The van der Waals surface area contributed by atoms with Gasteiger partial charge in [-0.3, -0.25) is 0 Å². The minimum absolute atomic E-state index is 0.0905. The molecule has 3 nitrogen and oxygen atoms in total. The summed E-state index contributed by atoms with van der Waals surface area (Å²) in [5.41, 5.74) is -0.0437. The molecule has 0 aliphatic rings. The fourth-order valence-electron chi connectivity index (χ4n) is 2.10.